The zero-order chi connectivity index (χ0) is 25.3. The molecular formula is C25H34FN3O4S. The van der Waals surface area contributed by atoms with E-state index >= 15 is 0 Å². The van der Waals surface area contributed by atoms with Crippen molar-refractivity contribution in [1.29, 1.82) is 0 Å². The van der Waals surface area contributed by atoms with Gasteiger partial charge in [-0.3, -0.25) is 13.9 Å². The van der Waals surface area contributed by atoms with Gasteiger partial charge in [0.1, 0.15) is 18.4 Å². The summed E-state index contributed by atoms with van der Waals surface area (Å²) >= 11 is 0. The molecule has 2 aromatic carbocycles. The molecule has 2 rings (SSSR count). The highest BCUT2D eigenvalue weighted by Gasteiger charge is 2.32. The first-order valence-electron chi connectivity index (χ1n) is 11.4. The van der Waals surface area contributed by atoms with Crippen molar-refractivity contribution in [2.75, 3.05) is 23.7 Å². The van der Waals surface area contributed by atoms with Crippen molar-refractivity contribution in [2.45, 2.75) is 52.6 Å². The molecule has 0 radical (unpaired) electrons. The first-order valence-corrected chi connectivity index (χ1v) is 13.3. The minimum atomic E-state index is -3.97. The van der Waals surface area contributed by atoms with Crippen molar-refractivity contribution in [1.82, 2.24) is 10.2 Å². The summed E-state index contributed by atoms with van der Waals surface area (Å²) in [5, 5.41) is 2.86. The second-order valence-corrected chi connectivity index (χ2v) is 10.2. The maximum absolute atomic E-state index is 14.4. The number of rotatable bonds is 12. The molecule has 0 aliphatic heterocycles. The number of nitrogens with one attached hydrogen (secondary N) is 1. The van der Waals surface area contributed by atoms with E-state index in [0.29, 0.717) is 13.0 Å². The number of halogens is 1. The summed E-state index contributed by atoms with van der Waals surface area (Å²) in [6, 6.07) is 12.1. The van der Waals surface area contributed by atoms with Gasteiger partial charge in [0, 0.05) is 13.1 Å². The van der Waals surface area contributed by atoms with Crippen LogP contribution in [0.1, 0.15) is 44.2 Å². The number of amides is 2. The minimum Gasteiger partial charge on any atom is -0.354 e. The molecule has 2 amide bonds. The molecule has 34 heavy (non-hydrogen) atoms. The summed E-state index contributed by atoms with van der Waals surface area (Å²) in [5.41, 5.74) is 1.64. The minimum absolute atomic E-state index is 0.119. The van der Waals surface area contributed by atoms with Crippen LogP contribution in [0.2, 0.25) is 0 Å². The van der Waals surface area contributed by atoms with Crippen molar-refractivity contribution in [2.24, 2.45) is 0 Å². The van der Waals surface area contributed by atoms with Crippen LogP contribution in [0.15, 0.2) is 48.5 Å². The molecule has 2 aromatic rings. The van der Waals surface area contributed by atoms with Crippen LogP contribution in [0.5, 0.6) is 0 Å². The van der Waals surface area contributed by atoms with Gasteiger partial charge in [-0.1, -0.05) is 62.2 Å². The van der Waals surface area contributed by atoms with Gasteiger partial charge in [-0.15, -0.1) is 0 Å². The molecule has 7 nitrogen and oxygen atoms in total. The lowest BCUT2D eigenvalue weighted by Crippen LogP contribution is -2.52. The molecule has 0 unspecified atom stereocenters. The summed E-state index contributed by atoms with van der Waals surface area (Å²) in [7, 11) is -3.97. The van der Waals surface area contributed by atoms with Crippen molar-refractivity contribution in [3.05, 3.63) is 65.5 Å². The molecular weight excluding hydrogens is 457 g/mol. The summed E-state index contributed by atoms with van der Waals surface area (Å²) in [6.45, 7) is 5.74. The molecule has 0 aliphatic carbocycles. The first-order chi connectivity index (χ1) is 16.1. The van der Waals surface area contributed by atoms with Crippen molar-refractivity contribution in [3.8, 4) is 0 Å². The quantitative estimate of drug-likeness (QED) is 0.460. The SMILES string of the molecule is CCCCNC(=O)[C@H](CC)N(Cc1ccc(C)cc1)C(=O)CN(c1ccccc1F)S(C)(=O)=O. The van der Waals surface area contributed by atoms with Crippen LogP contribution in [-0.2, 0) is 26.2 Å². The smallest absolute Gasteiger partial charge is 0.244 e. The van der Waals surface area contributed by atoms with E-state index < -0.39 is 34.3 Å². The number of carbonyl (C=O) groups is 2. The van der Waals surface area contributed by atoms with Crippen LogP contribution in [0.25, 0.3) is 0 Å². The van der Waals surface area contributed by atoms with E-state index in [2.05, 4.69) is 5.32 Å². The average Bonchev–Trinajstić information content (AvgIpc) is 2.78. The molecule has 0 saturated heterocycles. The second kappa shape index (κ2) is 12.5. The molecule has 1 atom stereocenters. The third-order valence-electron chi connectivity index (χ3n) is 5.49. The highest BCUT2D eigenvalue weighted by molar-refractivity contribution is 7.92. The largest absolute Gasteiger partial charge is 0.354 e. The zero-order valence-corrected chi connectivity index (χ0v) is 21.1. The Bertz CT molecular complexity index is 1070. The Hall–Kier alpha value is -2.94. The van der Waals surface area contributed by atoms with Crippen LogP contribution >= 0.6 is 0 Å². The lowest BCUT2D eigenvalue weighted by Gasteiger charge is -2.33. The van der Waals surface area contributed by atoms with Gasteiger partial charge in [0.25, 0.3) is 0 Å². The number of unbranched alkanes of at least 4 members (excludes halogenated alkanes) is 1. The maximum atomic E-state index is 14.4. The van der Waals surface area contributed by atoms with Crippen molar-refractivity contribution in [3.63, 3.8) is 0 Å². The van der Waals surface area contributed by atoms with E-state index in [9.17, 15) is 22.4 Å². The third kappa shape index (κ3) is 7.55. The van der Waals surface area contributed by atoms with Gasteiger partial charge in [0.05, 0.1) is 11.9 Å². The van der Waals surface area contributed by atoms with E-state index in [1.165, 1.54) is 23.1 Å². The van der Waals surface area contributed by atoms with Gasteiger partial charge in [-0.05, 0) is 37.5 Å². The number of para-hydroxylation sites is 1. The van der Waals surface area contributed by atoms with Crippen molar-refractivity contribution < 1.29 is 22.4 Å². The average molecular weight is 492 g/mol. The molecule has 0 bridgehead atoms. The summed E-state index contributed by atoms with van der Waals surface area (Å²) in [4.78, 5) is 27.8. The van der Waals surface area contributed by atoms with Crippen LogP contribution < -0.4 is 9.62 Å². The van der Waals surface area contributed by atoms with Gasteiger partial charge < -0.3 is 10.2 Å². The fourth-order valence-electron chi connectivity index (χ4n) is 3.56. The summed E-state index contributed by atoms with van der Waals surface area (Å²) in [6.07, 6.45) is 2.98. The van der Waals surface area contributed by atoms with Crippen LogP contribution in [-0.4, -0.2) is 50.5 Å². The molecule has 186 valence electrons. The predicted molar refractivity (Wildman–Crippen MR) is 132 cm³/mol. The first kappa shape index (κ1) is 27.3. The number of nitrogens with zero attached hydrogens (tertiary/aromatic N) is 2. The Balaban J connectivity index is 2.40. The van der Waals surface area contributed by atoms with E-state index in [1.54, 1.807) is 6.92 Å². The lowest BCUT2D eigenvalue weighted by molar-refractivity contribution is -0.140. The summed E-state index contributed by atoms with van der Waals surface area (Å²) < 4.78 is 40.2. The number of hydrogen-bond donors (Lipinski definition) is 1. The van der Waals surface area contributed by atoms with Crippen LogP contribution in [0.4, 0.5) is 10.1 Å². The molecule has 0 heterocycles. The Morgan fingerprint density at radius 3 is 2.26 bits per heavy atom. The Labute approximate surface area is 202 Å². The number of anilines is 1. The van der Waals surface area contributed by atoms with E-state index in [1.807, 2.05) is 38.1 Å². The highest BCUT2D eigenvalue weighted by atomic mass is 32.2. The molecule has 0 saturated carbocycles. The van der Waals surface area contributed by atoms with E-state index in [4.69, 9.17) is 0 Å². The Morgan fingerprint density at radius 1 is 1.06 bits per heavy atom. The topological polar surface area (TPSA) is 86.8 Å². The fourth-order valence-corrected chi connectivity index (χ4v) is 4.41. The van der Waals surface area contributed by atoms with Gasteiger partial charge in [0.2, 0.25) is 21.8 Å². The summed E-state index contributed by atoms with van der Waals surface area (Å²) in [5.74, 6) is -1.64. The van der Waals surface area contributed by atoms with E-state index in [0.717, 1.165) is 40.6 Å². The number of carbonyl (C=O) groups excluding carboxylic acids is 2. The second-order valence-electron chi connectivity index (χ2n) is 8.30. The number of sulfonamides is 1. The van der Waals surface area contributed by atoms with E-state index in [-0.39, 0.29) is 18.1 Å². The van der Waals surface area contributed by atoms with Crippen molar-refractivity contribution >= 4 is 27.5 Å². The number of hydrogen-bond acceptors (Lipinski definition) is 4. The van der Waals surface area contributed by atoms with Gasteiger partial charge in [-0.2, -0.15) is 0 Å². The number of aryl methyl sites for hydroxylation is 1. The predicted octanol–water partition coefficient (Wildman–Crippen LogP) is 3.62. The molecule has 0 fully saturated rings. The van der Waals surface area contributed by atoms with Gasteiger partial charge >= 0.3 is 0 Å². The monoisotopic (exact) mass is 491 g/mol. The molecule has 0 aromatic heterocycles. The normalized spacial score (nSPS) is 12.1. The lowest BCUT2D eigenvalue weighted by atomic mass is 10.1. The Morgan fingerprint density at radius 2 is 1.71 bits per heavy atom. The standard InChI is InChI=1S/C25H34FN3O4S/c1-5-7-16-27-25(31)22(6-2)28(17-20-14-12-19(3)13-15-20)24(30)18-29(34(4,32)33)23-11-9-8-10-21(23)26/h8-15,22H,5-7,16-18H2,1-4H3,(H,27,31)/t22-/m0/s1. The molecule has 9 heteroatoms. The third-order valence-corrected chi connectivity index (χ3v) is 6.62. The molecule has 0 spiro atoms. The van der Waals surface area contributed by atoms with Gasteiger partial charge in [0.15, 0.2) is 0 Å². The molecule has 1 N–H and O–H groups in total. The Kier molecular flexibility index (Phi) is 10.0. The van der Waals surface area contributed by atoms with Crippen LogP contribution in [0, 0.1) is 12.7 Å². The molecule has 0 aliphatic rings. The maximum Gasteiger partial charge on any atom is 0.244 e. The zero-order valence-electron chi connectivity index (χ0n) is 20.3. The highest BCUT2D eigenvalue weighted by Crippen LogP contribution is 2.22. The fraction of sp³-hybridized carbons (Fsp3) is 0.440. The van der Waals surface area contributed by atoms with Gasteiger partial charge in [-0.25, -0.2) is 12.8 Å². The van der Waals surface area contributed by atoms with Crippen LogP contribution in [0.3, 0.4) is 0 Å². The number of benzene rings is 2.